The summed E-state index contributed by atoms with van der Waals surface area (Å²) in [6.07, 6.45) is 4.31. The van der Waals surface area contributed by atoms with Gasteiger partial charge in [0.1, 0.15) is 11.4 Å². The van der Waals surface area contributed by atoms with Gasteiger partial charge in [-0.1, -0.05) is 42.4 Å². The maximum absolute atomic E-state index is 12.6. The number of sulfonamides is 1. The molecular formula is C22H23N3O4S. The van der Waals surface area contributed by atoms with Crippen molar-refractivity contribution in [3.05, 3.63) is 71.1 Å². The first-order chi connectivity index (χ1) is 14.3. The van der Waals surface area contributed by atoms with Gasteiger partial charge >= 0.3 is 0 Å². The summed E-state index contributed by atoms with van der Waals surface area (Å²) in [6, 6.07) is 13.7. The van der Waals surface area contributed by atoms with Crippen LogP contribution in [0.5, 0.6) is 0 Å². The Bertz CT molecular complexity index is 1160. The van der Waals surface area contributed by atoms with Crippen molar-refractivity contribution in [1.29, 1.82) is 0 Å². The molecule has 2 N–H and O–H groups in total. The summed E-state index contributed by atoms with van der Waals surface area (Å²) >= 11 is 0. The molecule has 0 radical (unpaired) electrons. The zero-order chi connectivity index (χ0) is 21.7. The van der Waals surface area contributed by atoms with Gasteiger partial charge in [-0.15, -0.1) is 0 Å². The molecule has 0 aliphatic heterocycles. The van der Waals surface area contributed by atoms with Gasteiger partial charge in [0, 0.05) is 12.6 Å². The second-order valence-electron chi connectivity index (χ2n) is 6.75. The van der Waals surface area contributed by atoms with Gasteiger partial charge in [-0.2, -0.15) is 0 Å². The Labute approximate surface area is 175 Å². The van der Waals surface area contributed by atoms with E-state index in [-0.39, 0.29) is 10.8 Å². The predicted octanol–water partition coefficient (Wildman–Crippen LogP) is 4.48. The Morgan fingerprint density at radius 1 is 1.07 bits per heavy atom. The van der Waals surface area contributed by atoms with Crippen molar-refractivity contribution in [2.45, 2.75) is 32.1 Å². The topological polar surface area (TPSA) is 101 Å². The third kappa shape index (κ3) is 5.15. The Hall–Kier alpha value is -3.39. The minimum Gasteiger partial charge on any atom is -0.354 e. The zero-order valence-electron chi connectivity index (χ0n) is 17.0. The molecule has 0 unspecified atom stereocenters. The maximum atomic E-state index is 12.6. The average molecular weight is 426 g/mol. The lowest BCUT2D eigenvalue weighted by atomic mass is 10.2. The summed E-state index contributed by atoms with van der Waals surface area (Å²) in [5.74, 6) is 0.193. The normalized spacial score (nSPS) is 11.6. The number of hydrogen-bond acceptors (Lipinski definition) is 5. The van der Waals surface area contributed by atoms with Crippen molar-refractivity contribution in [1.82, 2.24) is 5.16 Å². The van der Waals surface area contributed by atoms with Crippen LogP contribution in [-0.4, -0.2) is 19.5 Å². The Morgan fingerprint density at radius 2 is 1.73 bits per heavy atom. The highest BCUT2D eigenvalue weighted by molar-refractivity contribution is 7.92. The van der Waals surface area contributed by atoms with Gasteiger partial charge in [0.25, 0.3) is 10.0 Å². The Balaban J connectivity index is 1.74. The van der Waals surface area contributed by atoms with E-state index in [2.05, 4.69) is 15.2 Å². The molecule has 0 aliphatic carbocycles. The van der Waals surface area contributed by atoms with Crippen LogP contribution >= 0.6 is 0 Å². The lowest BCUT2D eigenvalue weighted by molar-refractivity contribution is -0.114. The fourth-order valence-electron chi connectivity index (χ4n) is 2.78. The Morgan fingerprint density at radius 3 is 2.33 bits per heavy atom. The molecule has 0 saturated heterocycles. The molecule has 0 atom stereocenters. The number of amides is 1. The molecule has 30 heavy (non-hydrogen) atoms. The molecular weight excluding hydrogens is 402 g/mol. The van der Waals surface area contributed by atoms with Gasteiger partial charge in [-0.3, -0.25) is 9.52 Å². The van der Waals surface area contributed by atoms with Crippen LogP contribution in [0.2, 0.25) is 0 Å². The molecule has 8 heteroatoms. The molecule has 156 valence electrons. The van der Waals surface area contributed by atoms with Crippen LogP contribution in [-0.2, 0) is 21.2 Å². The predicted molar refractivity (Wildman–Crippen MR) is 118 cm³/mol. The number of nitrogens with zero attached hydrogens (tertiary/aromatic N) is 1. The van der Waals surface area contributed by atoms with E-state index in [1.54, 1.807) is 43.3 Å². The van der Waals surface area contributed by atoms with E-state index < -0.39 is 10.0 Å². The molecule has 0 saturated carbocycles. The molecule has 0 aliphatic rings. The summed E-state index contributed by atoms with van der Waals surface area (Å²) in [6.45, 7) is 5.18. The molecule has 1 amide bonds. The SMILES string of the molecule is CCc1ccc(NS(=O)(=O)c2ccc(/C=C\c3onc(C)c3NC(C)=O)cc2)cc1. The summed E-state index contributed by atoms with van der Waals surface area (Å²) in [7, 11) is -3.68. The molecule has 7 nitrogen and oxygen atoms in total. The smallest absolute Gasteiger partial charge is 0.261 e. The van der Waals surface area contributed by atoms with Gasteiger partial charge in [0.15, 0.2) is 5.76 Å². The monoisotopic (exact) mass is 425 g/mol. The van der Waals surface area contributed by atoms with Crippen molar-refractivity contribution in [3.63, 3.8) is 0 Å². The standard InChI is InChI=1S/C22H23N3O4S/c1-4-17-5-10-19(11-6-17)25-30(27,28)20-12-7-18(8-13-20)9-14-21-22(23-16(3)26)15(2)24-29-21/h5-14,25H,4H2,1-3H3,(H,23,26)/b14-9-. The number of aryl methyl sites for hydroxylation is 2. The van der Waals surface area contributed by atoms with Crippen LogP contribution in [0.4, 0.5) is 11.4 Å². The van der Waals surface area contributed by atoms with Crippen LogP contribution in [0.3, 0.4) is 0 Å². The minimum atomic E-state index is -3.68. The number of carbonyl (C=O) groups excluding carboxylic acids is 1. The summed E-state index contributed by atoms with van der Waals surface area (Å²) < 4.78 is 33.0. The second kappa shape index (κ2) is 8.96. The maximum Gasteiger partial charge on any atom is 0.261 e. The highest BCUT2D eigenvalue weighted by Gasteiger charge is 2.14. The lowest BCUT2D eigenvalue weighted by Crippen LogP contribution is -2.12. The first-order valence-corrected chi connectivity index (χ1v) is 10.9. The van der Waals surface area contributed by atoms with Crippen molar-refractivity contribution in [3.8, 4) is 0 Å². The zero-order valence-corrected chi connectivity index (χ0v) is 17.8. The molecule has 1 heterocycles. The second-order valence-corrected chi connectivity index (χ2v) is 8.43. The van der Waals surface area contributed by atoms with E-state index >= 15 is 0 Å². The number of benzene rings is 2. The average Bonchev–Trinajstić information content (AvgIpc) is 3.06. The summed E-state index contributed by atoms with van der Waals surface area (Å²) in [4.78, 5) is 11.5. The first kappa shape index (κ1) is 21.3. The number of aromatic nitrogens is 1. The van der Waals surface area contributed by atoms with Crippen molar-refractivity contribution in [2.24, 2.45) is 0 Å². The molecule has 1 aromatic heterocycles. The van der Waals surface area contributed by atoms with E-state index in [1.165, 1.54) is 19.1 Å². The van der Waals surface area contributed by atoms with Gasteiger partial charge in [0.2, 0.25) is 5.91 Å². The van der Waals surface area contributed by atoms with Gasteiger partial charge in [-0.05, 0) is 54.8 Å². The fourth-order valence-corrected chi connectivity index (χ4v) is 3.84. The van der Waals surface area contributed by atoms with Crippen molar-refractivity contribution >= 4 is 39.5 Å². The van der Waals surface area contributed by atoms with E-state index in [0.29, 0.717) is 22.8 Å². The molecule has 2 aromatic carbocycles. The number of anilines is 2. The quantitative estimate of drug-likeness (QED) is 0.581. The van der Waals surface area contributed by atoms with Crippen LogP contribution in [0.15, 0.2) is 57.9 Å². The lowest BCUT2D eigenvalue weighted by Gasteiger charge is -2.09. The van der Waals surface area contributed by atoms with Crippen molar-refractivity contribution in [2.75, 3.05) is 10.0 Å². The van der Waals surface area contributed by atoms with Crippen LogP contribution in [0.25, 0.3) is 12.2 Å². The van der Waals surface area contributed by atoms with E-state index in [0.717, 1.165) is 17.5 Å². The van der Waals surface area contributed by atoms with E-state index in [9.17, 15) is 13.2 Å². The third-order valence-corrected chi connectivity index (χ3v) is 5.82. The van der Waals surface area contributed by atoms with E-state index in [1.807, 2.05) is 19.1 Å². The van der Waals surface area contributed by atoms with Gasteiger partial charge < -0.3 is 9.84 Å². The van der Waals surface area contributed by atoms with Crippen LogP contribution < -0.4 is 10.0 Å². The van der Waals surface area contributed by atoms with Gasteiger partial charge in [0.05, 0.1) is 4.90 Å². The number of carbonyl (C=O) groups is 1. The molecule has 3 rings (SSSR count). The highest BCUT2D eigenvalue weighted by Crippen LogP contribution is 2.23. The molecule has 0 spiro atoms. The molecule has 0 fully saturated rings. The Kier molecular flexibility index (Phi) is 6.37. The number of hydrogen-bond donors (Lipinski definition) is 2. The highest BCUT2D eigenvalue weighted by atomic mass is 32.2. The largest absolute Gasteiger partial charge is 0.354 e. The van der Waals surface area contributed by atoms with Crippen LogP contribution in [0.1, 0.15) is 36.4 Å². The summed E-state index contributed by atoms with van der Waals surface area (Å²) in [5, 5.41) is 6.53. The summed E-state index contributed by atoms with van der Waals surface area (Å²) in [5.41, 5.74) is 3.50. The van der Waals surface area contributed by atoms with E-state index in [4.69, 9.17) is 4.52 Å². The minimum absolute atomic E-state index is 0.161. The van der Waals surface area contributed by atoms with Crippen LogP contribution in [0, 0.1) is 6.92 Å². The number of nitrogens with one attached hydrogen (secondary N) is 2. The molecule has 3 aromatic rings. The first-order valence-electron chi connectivity index (χ1n) is 9.42. The van der Waals surface area contributed by atoms with Gasteiger partial charge in [-0.25, -0.2) is 8.42 Å². The molecule has 0 bridgehead atoms. The number of rotatable bonds is 7. The fraction of sp³-hybridized carbons (Fsp3) is 0.182. The third-order valence-electron chi connectivity index (χ3n) is 4.42. The van der Waals surface area contributed by atoms with Crippen molar-refractivity contribution < 1.29 is 17.7 Å².